The lowest BCUT2D eigenvalue weighted by Gasteiger charge is -2.17. The van der Waals surface area contributed by atoms with E-state index in [2.05, 4.69) is 22.5 Å². The van der Waals surface area contributed by atoms with E-state index in [9.17, 15) is 9.59 Å². The van der Waals surface area contributed by atoms with Gasteiger partial charge in [-0.15, -0.1) is 11.3 Å². The molecule has 2 aromatic carbocycles. The summed E-state index contributed by atoms with van der Waals surface area (Å²) in [6, 6.07) is 13.2. The molecule has 0 fully saturated rings. The maximum atomic E-state index is 12.9. The molecule has 6 heteroatoms. The molecule has 0 bridgehead atoms. The van der Waals surface area contributed by atoms with E-state index in [1.165, 1.54) is 10.9 Å². The number of amides is 1. The van der Waals surface area contributed by atoms with Crippen molar-refractivity contribution < 1.29 is 9.53 Å². The van der Waals surface area contributed by atoms with E-state index in [1.807, 2.05) is 12.1 Å². The van der Waals surface area contributed by atoms with E-state index in [0.29, 0.717) is 23.2 Å². The molecule has 27 heavy (non-hydrogen) atoms. The molecular formula is C21H18N2O3S. The van der Waals surface area contributed by atoms with Crippen LogP contribution in [0.4, 0.5) is 0 Å². The Balaban J connectivity index is 1.65. The molecule has 0 spiro atoms. The minimum Gasteiger partial charge on any atom is -0.497 e. The molecule has 0 radical (unpaired) electrons. The Morgan fingerprint density at radius 2 is 2.00 bits per heavy atom. The van der Waals surface area contributed by atoms with Crippen LogP contribution < -0.4 is 10.2 Å². The van der Waals surface area contributed by atoms with Crippen molar-refractivity contribution in [1.29, 1.82) is 0 Å². The highest BCUT2D eigenvalue weighted by Crippen LogP contribution is 2.26. The number of hydrogen-bond acceptors (Lipinski definition) is 4. The Kier molecular flexibility index (Phi) is 4.41. The van der Waals surface area contributed by atoms with Gasteiger partial charge in [0.05, 0.1) is 12.6 Å². The Morgan fingerprint density at radius 1 is 1.19 bits per heavy atom. The zero-order valence-electron chi connectivity index (χ0n) is 15.0. The topological polar surface area (TPSA) is 62.4 Å². The van der Waals surface area contributed by atoms with E-state index in [-0.39, 0.29) is 16.9 Å². The maximum Gasteiger partial charge on any atom is 0.259 e. The van der Waals surface area contributed by atoms with Gasteiger partial charge in [-0.1, -0.05) is 18.2 Å². The first-order chi connectivity index (χ1) is 13.1. The minimum absolute atomic E-state index is 0.134. The van der Waals surface area contributed by atoms with Crippen LogP contribution in [0.15, 0.2) is 58.8 Å². The number of thiophene rings is 1. The molecule has 0 aliphatic rings. The normalized spacial score (nSPS) is 11.0. The number of rotatable bonds is 4. The predicted molar refractivity (Wildman–Crippen MR) is 109 cm³/mol. The number of pyridine rings is 1. The number of nitrogens with one attached hydrogen (secondary N) is 1. The monoisotopic (exact) mass is 378 g/mol. The number of aromatic nitrogens is 1. The average molecular weight is 378 g/mol. The number of nitrogens with zero attached hydrogens (tertiary/aromatic N) is 1. The van der Waals surface area contributed by atoms with E-state index in [0.717, 1.165) is 10.9 Å². The van der Waals surface area contributed by atoms with Crippen molar-refractivity contribution in [3.63, 3.8) is 0 Å². The summed E-state index contributed by atoms with van der Waals surface area (Å²) < 4.78 is 6.36. The van der Waals surface area contributed by atoms with Gasteiger partial charge >= 0.3 is 0 Å². The standard InChI is InChI=1S/C21H18N2O3S/c1-23(11-13-12-27-19-6-4-3-5-15(13)19)21(25)17-10-22-18-9-14(26-2)7-8-16(18)20(17)24/h3-10,12H,11H2,1-2H3,(H,22,24). The zero-order chi connectivity index (χ0) is 19.0. The van der Waals surface area contributed by atoms with Gasteiger partial charge in [-0.2, -0.15) is 0 Å². The fraction of sp³-hybridized carbons (Fsp3) is 0.143. The maximum absolute atomic E-state index is 12.9. The summed E-state index contributed by atoms with van der Waals surface area (Å²) >= 11 is 1.65. The lowest BCUT2D eigenvalue weighted by Crippen LogP contribution is -2.30. The van der Waals surface area contributed by atoms with Crippen LogP contribution in [0.3, 0.4) is 0 Å². The Labute approximate surface area is 159 Å². The molecular weight excluding hydrogens is 360 g/mol. The van der Waals surface area contributed by atoms with Gasteiger partial charge in [0, 0.05) is 35.9 Å². The van der Waals surface area contributed by atoms with Crippen LogP contribution >= 0.6 is 11.3 Å². The number of aromatic amines is 1. The van der Waals surface area contributed by atoms with E-state index in [1.54, 1.807) is 48.6 Å². The quantitative estimate of drug-likeness (QED) is 0.583. The largest absolute Gasteiger partial charge is 0.497 e. The first kappa shape index (κ1) is 17.3. The number of carbonyl (C=O) groups is 1. The number of carbonyl (C=O) groups excluding carboxylic acids is 1. The number of fused-ring (bicyclic) bond motifs is 2. The SMILES string of the molecule is COc1ccc2c(=O)c(C(=O)N(C)Cc3csc4ccccc34)c[nH]c2c1. The summed E-state index contributed by atoms with van der Waals surface area (Å²) in [6.45, 7) is 0.447. The van der Waals surface area contributed by atoms with Crippen LogP contribution in [-0.2, 0) is 6.54 Å². The third kappa shape index (κ3) is 3.08. The summed E-state index contributed by atoms with van der Waals surface area (Å²) in [6.07, 6.45) is 1.48. The highest BCUT2D eigenvalue weighted by Gasteiger charge is 2.18. The second-order valence-electron chi connectivity index (χ2n) is 6.36. The summed E-state index contributed by atoms with van der Waals surface area (Å²) in [5.74, 6) is 0.350. The summed E-state index contributed by atoms with van der Waals surface area (Å²) in [5, 5.41) is 3.67. The summed E-state index contributed by atoms with van der Waals surface area (Å²) in [5.41, 5.74) is 1.57. The van der Waals surface area contributed by atoms with E-state index >= 15 is 0 Å². The molecule has 2 aromatic heterocycles. The predicted octanol–water partition coefficient (Wildman–Crippen LogP) is 4.02. The van der Waals surface area contributed by atoms with Crippen LogP contribution in [0.5, 0.6) is 5.75 Å². The van der Waals surface area contributed by atoms with Gasteiger partial charge in [0.25, 0.3) is 5.91 Å². The highest BCUT2D eigenvalue weighted by molar-refractivity contribution is 7.17. The van der Waals surface area contributed by atoms with E-state index < -0.39 is 0 Å². The van der Waals surface area contributed by atoms with E-state index in [4.69, 9.17) is 4.74 Å². The molecule has 1 N–H and O–H groups in total. The molecule has 0 aliphatic carbocycles. The van der Waals surface area contributed by atoms with Crippen LogP contribution in [-0.4, -0.2) is 29.9 Å². The number of methoxy groups -OCH3 is 1. The van der Waals surface area contributed by atoms with Crippen molar-refractivity contribution in [2.24, 2.45) is 0 Å². The van der Waals surface area contributed by atoms with Crippen molar-refractivity contribution in [2.75, 3.05) is 14.2 Å². The number of ether oxygens (including phenoxy) is 1. The lowest BCUT2D eigenvalue weighted by atomic mass is 10.1. The second-order valence-corrected chi connectivity index (χ2v) is 7.27. The third-order valence-electron chi connectivity index (χ3n) is 4.63. The van der Waals surface area contributed by atoms with Crippen molar-refractivity contribution in [2.45, 2.75) is 6.54 Å². The molecule has 0 saturated carbocycles. The lowest BCUT2D eigenvalue weighted by molar-refractivity contribution is 0.0784. The van der Waals surface area contributed by atoms with Gasteiger partial charge in [0.2, 0.25) is 5.43 Å². The van der Waals surface area contributed by atoms with Crippen LogP contribution in [0.25, 0.3) is 21.0 Å². The molecule has 0 aliphatic heterocycles. The van der Waals surface area contributed by atoms with Crippen LogP contribution in [0.2, 0.25) is 0 Å². The molecule has 4 aromatic rings. The smallest absolute Gasteiger partial charge is 0.259 e. The van der Waals surface area contributed by atoms with Crippen molar-refractivity contribution in [3.05, 3.63) is 75.4 Å². The average Bonchev–Trinajstić information content (AvgIpc) is 3.10. The molecule has 0 atom stereocenters. The minimum atomic E-state index is -0.302. The van der Waals surface area contributed by atoms with Gasteiger partial charge in [-0.05, 0) is 34.5 Å². The second kappa shape index (κ2) is 6.89. The molecule has 0 unspecified atom stereocenters. The Bertz CT molecular complexity index is 1210. The van der Waals surface area contributed by atoms with Gasteiger partial charge < -0.3 is 14.6 Å². The molecule has 136 valence electrons. The number of hydrogen-bond donors (Lipinski definition) is 1. The van der Waals surface area contributed by atoms with Crippen molar-refractivity contribution >= 4 is 38.2 Å². The molecule has 2 heterocycles. The molecule has 5 nitrogen and oxygen atoms in total. The molecule has 0 saturated heterocycles. The van der Waals surface area contributed by atoms with Crippen molar-refractivity contribution in [1.82, 2.24) is 9.88 Å². The van der Waals surface area contributed by atoms with Gasteiger partial charge in [-0.3, -0.25) is 9.59 Å². The van der Waals surface area contributed by atoms with Gasteiger partial charge in [0.1, 0.15) is 11.3 Å². The molecule has 1 amide bonds. The third-order valence-corrected chi connectivity index (χ3v) is 5.65. The van der Waals surface area contributed by atoms with Crippen LogP contribution in [0.1, 0.15) is 15.9 Å². The number of benzene rings is 2. The number of H-pyrrole nitrogens is 1. The fourth-order valence-electron chi connectivity index (χ4n) is 3.18. The van der Waals surface area contributed by atoms with Crippen molar-refractivity contribution in [3.8, 4) is 5.75 Å². The summed E-state index contributed by atoms with van der Waals surface area (Å²) in [4.78, 5) is 30.3. The Morgan fingerprint density at radius 3 is 2.81 bits per heavy atom. The van der Waals surface area contributed by atoms with Gasteiger partial charge in [-0.25, -0.2) is 0 Å². The fourth-order valence-corrected chi connectivity index (χ4v) is 4.13. The first-order valence-corrected chi connectivity index (χ1v) is 9.36. The van der Waals surface area contributed by atoms with Crippen LogP contribution in [0, 0.1) is 0 Å². The highest BCUT2D eigenvalue weighted by atomic mass is 32.1. The molecule has 4 rings (SSSR count). The first-order valence-electron chi connectivity index (χ1n) is 8.48. The summed E-state index contributed by atoms with van der Waals surface area (Å²) in [7, 11) is 3.28. The Hall–Kier alpha value is -3.12. The van der Waals surface area contributed by atoms with Gasteiger partial charge in [0.15, 0.2) is 0 Å². The zero-order valence-corrected chi connectivity index (χ0v) is 15.8.